The quantitative estimate of drug-likeness (QED) is 0.626. The second-order valence-corrected chi connectivity index (χ2v) is 4.56. The summed E-state index contributed by atoms with van der Waals surface area (Å²) in [5.41, 5.74) is 5.09. The normalized spacial score (nSPS) is 24.1. The van der Waals surface area contributed by atoms with E-state index in [0.717, 1.165) is 24.8 Å². The van der Waals surface area contributed by atoms with Gasteiger partial charge in [0, 0.05) is 6.42 Å². The molecule has 0 saturated heterocycles. The van der Waals surface area contributed by atoms with Crippen LogP contribution in [0.3, 0.4) is 0 Å². The number of hydrogen-bond acceptors (Lipinski definition) is 1. The van der Waals surface area contributed by atoms with Gasteiger partial charge in [0.25, 0.3) is 0 Å². The van der Waals surface area contributed by atoms with E-state index in [4.69, 9.17) is 0 Å². The second-order valence-electron chi connectivity index (χ2n) is 4.56. The molecule has 0 fully saturated rings. The van der Waals surface area contributed by atoms with Gasteiger partial charge in [-0.25, -0.2) is 0 Å². The molecular weight excluding hydrogens is 184 g/mol. The lowest BCUT2D eigenvalue weighted by molar-refractivity contribution is -0.115. The van der Waals surface area contributed by atoms with Crippen molar-refractivity contribution in [2.75, 3.05) is 0 Å². The summed E-state index contributed by atoms with van der Waals surface area (Å²) in [6.07, 6.45) is 3.02. The van der Waals surface area contributed by atoms with E-state index in [-0.39, 0.29) is 0 Å². The third-order valence-electron chi connectivity index (χ3n) is 3.73. The van der Waals surface area contributed by atoms with Crippen LogP contribution in [0.15, 0.2) is 29.8 Å². The van der Waals surface area contributed by atoms with Crippen LogP contribution >= 0.6 is 0 Å². The molecule has 76 valence electrons. The van der Waals surface area contributed by atoms with Gasteiger partial charge in [-0.15, -0.1) is 0 Å². The Kier molecular flexibility index (Phi) is 1.82. The molecule has 1 aromatic carbocycles. The molecule has 2 aliphatic carbocycles. The Hall–Kier alpha value is -1.37. The number of ketones is 1. The van der Waals surface area contributed by atoms with Crippen molar-refractivity contribution in [2.24, 2.45) is 5.92 Å². The Bertz CT molecular complexity index is 468. The van der Waals surface area contributed by atoms with Crippen LogP contribution in [0.5, 0.6) is 0 Å². The highest BCUT2D eigenvalue weighted by atomic mass is 16.1. The van der Waals surface area contributed by atoms with Crippen molar-refractivity contribution in [1.29, 1.82) is 0 Å². The highest BCUT2D eigenvalue weighted by Gasteiger charge is 2.33. The molecule has 0 spiro atoms. The summed E-state index contributed by atoms with van der Waals surface area (Å²) in [7, 11) is 0. The summed E-state index contributed by atoms with van der Waals surface area (Å²) in [5, 5.41) is 0. The van der Waals surface area contributed by atoms with E-state index >= 15 is 0 Å². The molecule has 1 heteroatoms. The van der Waals surface area contributed by atoms with Crippen LogP contribution < -0.4 is 0 Å². The third kappa shape index (κ3) is 1.19. The van der Waals surface area contributed by atoms with Crippen LogP contribution in [-0.4, -0.2) is 5.78 Å². The highest BCUT2D eigenvalue weighted by Crippen LogP contribution is 2.44. The van der Waals surface area contributed by atoms with Gasteiger partial charge in [0.2, 0.25) is 0 Å². The summed E-state index contributed by atoms with van der Waals surface area (Å²) < 4.78 is 0. The van der Waals surface area contributed by atoms with Gasteiger partial charge in [0.1, 0.15) is 0 Å². The Morgan fingerprint density at radius 2 is 2.07 bits per heavy atom. The fourth-order valence-corrected chi connectivity index (χ4v) is 2.93. The maximum atomic E-state index is 11.7. The van der Waals surface area contributed by atoms with Gasteiger partial charge < -0.3 is 0 Å². The zero-order valence-corrected chi connectivity index (χ0v) is 8.92. The maximum absolute atomic E-state index is 11.7. The Morgan fingerprint density at radius 1 is 1.27 bits per heavy atom. The topological polar surface area (TPSA) is 17.1 Å². The van der Waals surface area contributed by atoms with E-state index in [0.29, 0.717) is 11.7 Å². The van der Waals surface area contributed by atoms with E-state index in [2.05, 4.69) is 24.3 Å². The molecule has 0 N–H and O–H groups in total. The molecule has 0 aromatic heterocycles. The fraction of sp³-hybridized carbons (Fsp3) is 0.357. The maximum Gasteiger partial charge on any atom is 0.159 e. The predicted octanol–water partition coefficient (Wildman–Crippen LogP) is 3.00. The molecule has 0 aliphatic heterocycles. The van der Waals surface area contributed by atoms with Gasteiger partial charge in [0.15, 0.2) is 5.78 Å². The lowest BCUT2D eigenvalue weighted by Crippen LogP contribution is -2.10. The summed E-state index contributed by atoms with van der Waals surface area (Å²) in [6.45, 7) is 1.99. The standard InChI is InChI=1S/C14H14O/c1-9-13(15)8-11-7-6-10-4-2-3-5-12(10)14(9)11/h2-5,11H,6-8H2,1H3. The van der Waals surface area contributed by atoms with Gasteiger partial charge in [-0.3, -0.25) is 4.79 Å². The molecule has 0 bridgehead atoms. The molecule has 3 rings (SSSR count). The van der Waals surface area contributed by atoms with Crippen LogP contribution in [0.1, 0.15) is 30.9 Å². The van der Waals surface area contributed by atoms with Crippen molar-refractivity contribution in [3.05, 3.63) is 41.0 Å². The first kappa shape index (κ1) is 8.90. The van der Waals surface area contributed by atoms with Gasteiger partial charge in [0.05, 0.1) is 0 Å². The minimum absolute atomic E-state index is 0.353. The molecule has 1 nitrogen and oxygen atoms in total. The van der Waals surface area contributed by atoms with Crippen LogP contribution in [0.4, 0.5) is 0 Å². The number of fused-ring (bicyclic) bond motifs is 3. The molecule has 0 radical (unpaired) electrons. The summed E-state index contributed by atoms with van der Waals surface area (Å²) >= 11 is 0. The third-order valence-corrected chi connectivity index (χ3v) is 3.73. The van der Waals surface area contributed by atoms with Crippen molar-refractivity contribution in [2.45, 2.75) is 26.2 Å². The van der Waals surface area contributed by atoms with Crippen molar-refractivity contribution in [1.82, 2.24) is 0 Å². The van der Waals surface area contributed by atoms with Gasteiger partial charge in [-0.05, 0) is 48.0 Å². The van der Waals surface area contributed by atoms with E-state index in [9.17, 15) is 4.79 Å². The number of carbonyl (C=O) groups excluding carboxylic acids is 1. The second kappa shape index (κ2) is 3.06. The van der Waals surface area contributed by atoms with Gasteiger partial charge >= 0.3 is 0 Å². The first-order chi connectivity index (χ1) is 7.27. The molecule has 15 heavy (non-hydrogen) atoms. The Labute approximate surface area is 89.8 Å². The van der Waals surface area contributed by atoms with Gasteiger partial charge in [-0.1, -0.05) is 24.3 Å². The SMILES string of the molecule is CC1=C2c3ccccc3CCC2CC1=O. The van der Waals surface area contributed by atoms with Crippen molar-refractivity contribution < 1.29 is 4.79 Å². The molecule has 0 amide bonds. The Morgan fingerprint density at radius 3 is 2.93 bits per heavy atom. The number of Topliss-reactive ketones (excluding diaryl/α,β-unsaturated/α-hetero) is 1. The number of allylic oxidation sites excluding steroid dienone is 2. The van der Waals surface area contributed by atoms with Gasteiger partial charge in [-0.2, -0.15) is 0 Å². The Balaban J connectivity index is 2.23. The lowest BCUT2D eigenvalue weighted by atomic mass is 9.80. The van der Waals surface area contributed by atoms with E-state index in [1.807, 2.05) is 6.92 Å². The van der Waals surface area contributed by atoms with Crippen LogP contribution in [0, 0.1) is 5.92 Å². The number of aryl methyl sites for hydroxylation is 1. The molecule has 0 heterocycles. The van der Waals surface area contributed by atoms with Crippen molar-refractivity contribution in [3.63, 3.8) is 0 Å². The van der Waals surface area contributed by atoms with Crippen molar-refractivity contribution in [3.8, 4) is 0 Å². The summed E-state index contributed by atoms with van der Waals surface area (Å²) in [4.78, 5) is 11.7. The van der Waals surface area contributed by atoms with E-state index in [1.54, 1.807) is 0 Å². The zero-order chi connectivity index (χ0) is 10.4. The van der Waals surface area contributed by atoms with Crippen LogP contribution in [-0.2, 0) is 11.2 Å². The molecule has 1 unspecified atom stereocenters. The smallest absolute Gasteiger partial charge is 0.159 e. The molecular formula is C14H14O. The molecule has 1 aromatic rings. The van der Waals surface area contributed by atoms with Crippen LogP contribution in [0.25, 0.3) is 5.57 Å². The lowest BCUT2D eigenvalue weighted by Gasteiger charge is -2.23. The molecule has 2 aliphatic rings. The largest absolute Gasteiger partial charge is 0.295 e. The fourth-order valence-electron chi connectivity index (χ4n) is 2.93. The van der Waals surface area contributed by atoms with Crippen molar-refractivity contribution >= 4 is 11.4 Å². The minimum Gasteiger partial charge on any atom is -0.295 e. The number of carbonyl (C=O) groups is 1. The number of benzene rings is 1. The van der Waals surface area contributed by atoms with E-state index < -0.39 is 0 Å². The summed E-state index contributed by atoms with van der Waals surface area (Å²) in [5.74, 6) is 0.860. The van der Waals surface area contributed by atoms with Crippen LogP contribution in [0.2, 0.25) is 0 Å². The number of rotatable bonds is 0. The first-order valence-corrected chi connectivity index (χ1v) is 5.59. The minimum atomic E-state index is 0.353. The predicted molar refractivity (Wildman–Crippen MR) is 60.5 cm³/mol. The highest BCUT2D eigenvalue weighted by molar-refractivity contribution is 6.07. The monoisotopic (exact) mass is 198 g/mol. The average Bonchev–Trinajstić information content (AvgIpc) is 2.55. The summed E-state index contributed by atoms with van der Waals surface area (Å²) in [6, 6.07) is 8.52. The number of hydrogen-bond donors (Lipinski definition) is 0. The molecule has 1 atom stereocenters. The average molecular weight is 198 g/mol. The zero-order valence-electron chi connectivity index (χ0n) is 8.92. The molecule has 0 saturated carbocycles. The first-order valence-electron chi connectivity index (χ1n) is 5.59. The van der Waals surface area contributed by atoms with E-state index in [1.165, 1.54) is 16.7 Å².